The highest BCUT2D eigenvalue weighted by molar-refractivity contribution is 5.73. The van der Waals surface area contributed by atoms with E-state index in [0.29, 0.717) is 0 Å². The Morgan fingerprint density at radius 1 is 1.62 bits per heavy atom. The second-order valence-electron chi connectivity index (χ2n) is 2.64. The molecule has 1 unspecified atom stereocenters. The minimum Gasteiger partial charge on any atom is -0.480 e. The maximum absolute atomic E-state index is 11.9. The molecule has 0 saturated carbocycles. The molecule has 0 aliphatic carbocycles. The molecule has 0 saturated heterocycles. The third kappa shape index (κ3) is 4.74. The van der Waals surface area contributed by atoms with Crippen LogP contribution in [0.5, 0.6) is 0 Å². The first-order chi connectivity index (χ1) is 5.99. The Bertz CT molecular complexity index is 166. The number of methoxy groups -OCH3 is 1. The minimum absolute atomic E-state index is 0.0987. The zero-order valence-corrected chi connectivity index (χ0v) is 7.54. The van der Waals surface area contributed by atoms with E-state index in [2.05, 4.69) is 4.74 Å². The van der Waals surface area contributed by atoms with Crippen molar-refractivity contribution in [2.75, 3.05) is 27.3 Å². The molecule has 0 bridgehead atoms. The second kappa shape index (κ2) is 5.82. The third-order valence-corrected chi connectivity index (χ3v) is 1.57. The lowest BCUT2D eigenvalue weighted by Crippen LogP contribution is -2.43. The van der Waals surface area contributed by atoms with Gasteiger partial charge in [0.25, 0.3) is 6.43 Å². The number of aliphatic carboxylic acids is 1. The number of carbonyl (C=O) groups is 1. The van der Waals surface area contributed by atoms with Gasteiger partial charge in [-0.15, -0.1) is 0 Å². The molecule has 0 aliphatic heterocycles. The average Bonchev–Trinajstić information content (AvgIpc) is 1.97. The Morgan fingerprint density at radius 2 is 2.15 bits per heavy atom. The number of carboxylic acids is 1. The molecular weight excluding hydrogens is 184 g/mol. The zero-order chi connectivity index (χ0) is 10.4. The largest absolute Gasteiger partial charge is 0.480 e. The number of rotatable bonds is 6. The van der Waals surface area contributed by atoms with Crippen LogP contribution in [0.25, 0.3) is 0 Å². The van der Waals surface area contributed by atoms with Crippen LogP contribution >= 0.6 is 0 Å². The van der Waals surface area contributed by atoms with Crippen LogP contribution in [0.4, 0.5) is 8.78 Å². The molecule has 4 nitrogen and oxygen atoms in total. The lowest BCUT2D eigenvalue weighted by Gasteiger charge is -2.23. The van der Waals surface area contributed by atoms with Crippen molar-refractivity contribution in [3.05, 3.63) is 0 Å². The summed E-state index contributed by atoms with van der Waals surface area (Å²) in [5.74, 6) is -1.16. The van der Waals surface area contributed by atoms with Gasteiger partial charge in [0.2, 0.25) is 0 Å². The summed E-state index contributed by atoms with van der Waals surface area (Å²) in [5.41, 5.74) is 0. The molecule has 0 heterocycles. The van der Waals surface area contributed by atoms with Gasteiger partial charge in [-0.25, -0.2) is 8.78 Å². The maximum atomic E-state index is 11.9. The van der Waals surface area contributed by atoms with Gasteiger partial charge in [0, 0.05) is 7.11 Å². The van der Waals surface area contributed by atoms with Crippen LogP contribution in [-0.4, -0.2) is 55.8 Å². The highest BCUT2D eigenvalue weighted by Crippen LogP contribution is 2.02. The Labute approximate surface area is 75.1 Å². The molecule has 0 aromatic heterocycles. The number of likely N-dealkylation sites (N-methyl/N-ethyl adjacent to an activating group) is 1. The highest BCUT2D eigenvalue weighted by Gasteiger charge is 2.24. The van der Waals surface area contributed by atoms with E-state index in [1.54, 1.807) is 0 Å². The van der Waals surface area contributed by atoms with Crippen molar-refractivity contribution in [1.82, 2.24) is 4.90 Å². The van der Waals surface area contributed by atoms with Crippen molar-refractivity contribution >= 4 is 5.97 Å². The van der Waals surface area contributed by atoms with E-state index < -0.39 is 25.0 Å². The number of nitrogens with zero attached hydrogens (tertiary/aromatic N) is 1. The van der Waals surface area contributed by atoms with Gasteiger partial charge in [-0.3, -0.25) is 9.69 Å². The molecular formula is C7H13F2NO3. The SMILES string of the molecule is COCC(C(=O)O)N(C)CC(F)F. The smallest absolute Gasteiger partial charge is 0.323 e. The molecule has 0 rings (SSSR count). The quantitative estimate of drug-likeness (QED) is 0.664. The van der Waals surface area contributed by atoms with Crippen LogP contribution in [0, 0.1) is 0 Å². The van der Waals surface area contributed by atoms with Gasteiger partial charge in [0.15, 0.2) is 0 Å². The molecule has 0 aromatic rings. The Balaban J connectivity index is 4.10. The fraction of sp³-hybridized carbons (Fsp3) is 0.857. The monoisotopic (exact) mass is 197 g/mol. The topological polar surface area (TPSA) is 49.8 Å². The van der Waals surface area contributed by atoms with Crippen LogP contribution in [0.15, 0.2) is 0 Å². The van der Waals surface area contributed by atoms with E-state index in [-0.39, 0.29) is 6.61 Å². The number of alkyl halides is 2. The first-order valence-electron chi connectivity index (χ1n) is 3.69. The number of ether oxygens (including phenoxy) is 1. The molecule has 0 aliphatic rings. The summed E-state index contributed by atoms with van der Waals surface area (Å²) >= 11 is 0. The van der Waals surface area contributed by atoms with Gasteiger partial charge in [0.05, 0.1) is 13.2 Å². The third-order valence-electron chi connectivity index (χ3n) is 1.57. The summed E-state index contributed by atoms with van der Waals surface area (Å²) in [6.07, 6.45) is -2.54. The maximum Gasteiger partial charge on any atom is 0.323 e. The molecule has 0 radical (unpaired) electrons. The van der Waals surface area contributed by atoms with Gasteiger partial charge in [0.1, 0.15) is 6.04 Å². The number of hydrogen-bond donors (Lipinski definition) is 1. The molecule has 0 aromatic carbocycles. The number of hydrogen-bond acceptors (Lipinski definition) is 3. The summed E-state index contributed by atoms with van der Waals surface area (Å²) in [4.78, 5) is 11.6. The first-order valence-corrected chi connectivity index (χ1v) is 3.69. The van der Waals surface area contributed by atoms with Gasteiger partial charge in [-0.05, 0) is 7.05 Å². The lowest BCUT2D eigenvalue weighted by molar-refractivity contribution is -0.145. The van der Waals surface area contributed by atoms with Crippen LogP contribution in [-0.2, 0) is 9.53 Å². The fourth-order valence-corrected chi connectivity index (χ4v) is 0.890. The van der Waals surface area contributed by atoms with Gasteiger partial charge < -0.3 is 9.84 Å². The zero-order valence-electron chi connectivity index (χ0n) is 7.54. The van der Waals surface area contributed by atoms with E-state index in [1.165, 1.54) is 14.2 Å². The number of carboxylic acid groups (broad SMARTS) is 1. The summed E-state index contributed by atoms with van der Waals surface area (Å²) in [7, 11) is 2.65. The Hall–Kier alpha value is -0.750. The van der Waals surface area contributed by atoms with Crippen molar-refractivity contribution in [3.8, 4) is 0 Å². The van der Waals surface area contributed by atoms with Gasteiger partial charge >= 0.3 is 5.97 Å². The van der Waals surface area contributed by atoms with E-state index >= 15 is 0 Å². The van der Waals surface area contributed by atoms with Crippen LogP contribution in [0.3, 0.4) is 0 Å². The van der Waals surface area contributed by atoms with Crippen molar-refractivity contribution in [3.63, 3.8) is 0 Å². The van der Waals surface area contributed by atoms with Gasteiger partial charge in [-0.2, -0.15) is 0 Å². The second-order valence-corrected chi connectivity index (χ2v) is 2.64. The lowest BCUT2D eigenvalue weighted by atomic mass is 10.3. The molecule has 13 heavy (non-hydrogen) atoms. The molecule has 1 atom stereocenters. The predicted octanol–water partition coefficient (Wildman–Crippen LogP) is 0.283. The molecule has 6 heteroatoms. The summed E-state index contributed by atoms with van der Waals surface area (Å²) in [6, 6.07) is -1.01. The summed E-state index contributed by atoms with van der Waals surface area (Å²) in [6.45, 7) is -0.668. The molecule has 0 amide bonds. The first kappa shape index (κ1) is 12.2. The van der Waals surface area contributed by atoms with E-state index in [4.69, 9.17) is 5.11 Å². The molecule has 1 N–H and O–H groups in total. The van der Waals surface area contributed by atoms with E-state index in [0.717, 1.165) is 4.90 Å². The Kier molecular flexibility index (Phi) is 5.48. The van der Waals surface area contributed by atoms with Crippen LogP contribution in [0.2, 0.25) is 0 Å². The molecule has 78 valence electrons. The summed E-state index contributed by atoms with van der Waals surface area (Å²) < 4.78 is 28.3. The van der Waals surface area contributed by atoms with Crippen molar-refractivity contribution < 1.29 is 23.4 Å². The molecule has 0 spiro atoms. The van der Waals surface area contributed by atoms with Crippen LogP contribution < -0.4 is 0 Å². The Morgan fingerprint density at radius 3 is 2.46 bits per heavy atom. The van der Waals surface area contributed by atoms with Crippen molar-refractivity contribution in [2.45, 2.75) is 12.5 Å². The fourth-order valence-electron chi connectivity index (χ4n) is 0.890. The van der Waals surface area contributed by atoms with E-state index in [1.807, 2.05) is 0 Å². The molecule has 0 fully saturated rings. The highest BCUT2D eigenvalue weighted by atomic mass is 19.3. The van der Waals surface area contributed by atoms with Crippen molar-refractivity contribution in [1.29, 1.82) is 0 Å². The minimum atomic E-state index is -2.54. The van der Waals surface area contributed by atoms with Gasteiger partial charge in [-0.1, -0.05) is 0 Å². The standard InChI is InChI=1S/C7H13F2NO3/c1-10(3-6(8)9)5(4-13-2)7(11)12/h5-6H,3-4H2,1-2H3,(H,11,12). The predicted molar refractivity (Wildman–Crippen MR) is 41.9 cm³/mol. The van der Waals surface area contributed by atoms with Crippen molar-refractivity contribution in [2.24, 2.45) is 0 Å². The normalized spacial score (nSPS) is 13.7. The average molecular weight is 197 g/mol. The van der Waals surface area contributed by atoms with E-state index in [9.17, 15) is 13.6 Å². The number of halogens is 2. The van der Waals surface area contributed by atoms with Crippen LogP contribution in [0.1, 0.15) is 0 Å². The summed E-state index contributed by atoms with van der Waals surface area (Å²) in [5, 5.41) is 8.62.